The van der Waals surface area contributed by atoms with Crippen LogP contribution in [0.4, 0.5) is 0 Å². The van der Waals surface area contributed by atoms with Crippen molar-refractivity contribution < 1.29 is 14.6 Å². The van der Waals surface area contributed by atoms with Crippen molar-refractivity contribution in [2.24, 2.45) is 0 Å². The highest BCUT2D eigenvalue weighted by Gasteiger charge is 2.09. The molecule has 0 bridgehead atoms. The van der Waals surface area contributed by atoms with Gasteiger partial charge in [-0.05, 0) is 59.0 Å². The molecule has 3 aromatic rings. The molecule has 20 heavy (non-hydrogen) atoms. The van der Waals surface area contributed by atoms with Crippen LogP contribution < -0.4 is 5.43 Å². The van der Waals surface area contributed by atoms with Crippen molar-refractivity contribution in [3.63, 3.8) is 0 Å². The minimum atomic E-state index is -0.257. The molecular weight excluding hydrogens is 371 g/mol. The Morgan fingerprint density at radius 2 is 1.75 bits per heavy atom. The summed E-state index contributed by atoms with van der Waals surface area (Å²) in [6.45, 7) is 0. The number of hydrogen-bond donors (Lipinski definition) is 2. The van der Waals surface area contributed by atoms with Gasteiger partial charge in [-0.3, -0.25) is 4.79 Å². The standard InChI is InChI=1S/C15H9IO4/c16-9-2-4-14-10(6-9)12(18)7-15(20-14)8-1-3-11(17)13(19)5-8/h1-7,17,19H. The van der Waals surface area contributed by atoms with Gasteiger partial charge < -0.3 is 14.6 Å². The van der Waals surface area contributed by atoms with Crippen LogP contribution in [0.3, 0.4) is 0 Å². The zero-order valence-corrected chi connectivity index (χ0v) is 12.3. The van der Waals surface area contributed by atoms with Gasteiger partial charge in [0, 0.05) is 15.2 Å². The lowest BCUT2D eigenvalue weighted by atomic mass is 10.1. The van der Waals surface area contributed by atoms with E-state index < -0.39 is 0 Å². The van der Waals surface area contributed by atoms with Crippen molar-refractivity contribution in [2.75, 3.05) is 0 Å². The van der Waals surface area contributed by atoms with Gasteiger partial charge in [0.15, 0.2) is 16.9 Å². The topological polar surface area (TPSA) is 70.7 Å². The molecule has 1 heterocycles. The number of benzene rings is 2. The van der Waals surface area contributed by atoms with E-state index in [0.29, 0.717) is 22.3 Å². The van der Waals surface area contributed by atoms with E-state index in [1.807, 2.05) is 6.07 Å². The molecule has 4 nitrogen and oxygen atoms in total. The third kappa shape index (κ3) is 2.24. The lowest BCUT2D eigenvalue weighted by molar-refractivity contribution is 0.404. The zero-order valence-electron chi connectivity index (χ0n) is 10.1. The second-order valence-corrected chi connectivity index (χ2v) is 5.56. The van der Waals surface area contributed by atoms with Crippen LogP contribution in [0.1, 0.15) is 0 Å². The number of phenolic OH excluding ortho intramolecular Hbond substituents is 2. The van der Waals surface area contributed by atoms with Gasteiger partial charge in [-0.25, -0.2) is 0 Å². The van der Waals surface area contributed by atoms with Crippen LogP contribution in [0.5, 0.6) is 11.5 Å². The number of halogens is 1. The van der Waals surface area contributed by atoms with Gasteiger partial charge in [0.25, 0.3) is 0 Å². The van der Waals surface area contributed by atoms with E-state index in [-0.39, 0.29) is 16.9 Å². The smallest absolute Gasteiger partial charge is 0.193 e. The first-order valence-corrected chi connectivity index (χ1v) is 6.88. The molecule has 0 atom stereocenters. The average Bonchev–Trinajstić information content (AvgIpc) is 2.42. The van der Waals surface area contributed by atoms with Gasteiger partial charge in [0.1, 0.15) is 11.3 Å². The number of hydrogen-bond acceptors (Lipinski definition) is 4. The Morgan fingerprint density at radius 3 is 2.50 bits per heavy atom. The minimum Gasteiger partial charge on any atom is -0.504 e. The van der Waals surface area contributed by atoms with E-state index in [4.69, 9.17) is 4.42 Å². The Morgan fingerprint density at radius 1 is 0.950 bits per heavy atom. The second kappa shape index (κ2) is 4.82. The summed E-state index contributed by atoms with van der Waals surface area (Å²) in [6.07, 6.45) is 0. The molecule has 1 aromatic heterocycles. The van der Waals surface area contributed by atoms with E-state index in [0.717, 1.165) is 3.57 Å². The van der Waals surface area contributed by atoms with Crippen LogP contribution in [0.15, 0.2) is 51.7 Å². The Balaban J connectivity index is 2.24. The van der Waals surface area contributed by atoms with Crippen LogP contribution >= 0.6 is 22.6 Å². The van der Waals surface area contributed by atoms with Crippen molar-refractivity contribution in [3.8, 4) is 22.8 Å². The van der Waals surface area contributed by atoms with Crippen molar-refractivity contribution in [1.82, 2.24) is 0 Å². The number of phenols is 2. The summed E-state index contributed by atoms with van der Waals surface area (Å²) in [5, 5.41) is 19.3. The summed E-state index contributed by atoms with van der Waals surface area (Å²) >= 11 is 2.13. The predicted octanol–water partition coefficient (Wildman–Crippen LogP) is 3.48. The summed E-state index contributed by atoms with van der Waals surface area (Å²) in [6, 6.07) is 11.0. The molecule has 2 N–H and O–H groups in total. The highest BCUT2D eigenvalue weighted by Crippen LogP contribution is 2.31. The minimum absolute atomic E-state index is 0.146. The molecule has 5 heteroatoms. The fraction of sp³-hybridized carbons (Fsp3) is 0. The number of fused-ring (bicyclic) bond motifs is 1. The highest BCUT2D eigenvalue weighted by molar-refractivity contribution is 14.1. The zero-order chi connectivity index (χ0) is 14.3. The fourth-order valence-electron chi connectivity index (χ4n) is 1.95. The van der Waals surface area contributed by atoms with Crippen LogP contribution in [0.25, 0.3) is 22.3 Å². The van der Waals surface area contributed by atoms with Gasteiger partial charge in [-0.2, -0.15) is 0 Å². The Bertz CT molecular complexity index is 867. The Labute approximate surface area is 127 Å². The maximum Gasteiger partial charge on any atom is 0.193 e. The van der Waals surface area contributed by atoms with E-state index in [1.165, 1.54) is 18.2 Å². The monoisotopic (exact) mass is 380 g/mol. The van der Waals surface area contributed by atoms with Crippen molar-refractivity contribution in [3.05, 3.63) is 56.3 Å². The number of rotatable bonds is 1. The van der Waals surface area contributed by atoms with Gasteiger partial charge in [-0.1, -0.05) is 0 Å². The van der Waals surface area contributed by atoms with Gasteiger partial charge >= 0.3 is 0 Å². The predicted molar refractivity (Wildman–Crippen MR) is 84.0 cm³/mol. The SMILES string of the molecule is O=c1cc(-c2ccc(O)c(O)c2)oc2ccc(I)cc12. The third-order valence-corrected chi connectivity index (χ3v) is 3.62. The van der Waals surface area contributed by atoms with Crippen LogP contribution in [0.2, 0.25) is 0 Å². The Kier molecular flexibility index (Phi) is 3.13. The quantitative estimate of drug-likeness (QED) is 0.501. The molecule has 0 aliphatic rings. The molecule has 100 valence electrons. The van der Waals surface area contributed by atoms with Crippen molar-refractivity contribution >= 4 is 33.6 Å². The van der Waals surface area contributed by atoms with Gasteiger partial charge in [-0.15, -0.1) is 0 Å². The fourth-order valence-corrected chi connectivity index (χ4v) is 2.44. The number of aromatic hydroxyl groups is 2. The van der Waals surface area contributed by atoms with E-state index >= 15 is 0 Å². The molecule has 0 saturated heterocycles. The maximum atomic E-state index is 12.1. The molecular formula is C15H9IO4. The van der Waals surface area contributed by atoms with E-state index in [1.54, 1.807) is 18.2 Å². The lowest BCUT2D eigenvalue weighted by Crippen LogP contribution is -2.00. The summed E-state index contributed by atoms with van der Waals surface area (Å²) in [5.74, 6) is -0.127. The highest BCUT2D eigenvalue weighted by atomic mass is 127. The molecule has 0 unspecified atom stereocenters. The molecule has 0 fully saturated rings. The van der Waals surface area contributed by atoms with Gasteiger partial charge in [0.05, 0.1) is 5.39 Å². The molecule has 0 amide bonds. The summed E-state index contributed by atoms with van der Waals surface area (Å²) < 4.78 is 6.64. The van der Waals surface area contributed by atoms with Crippen molar-refractivity contribution in [2.45, 2.75) is 0 Å². The largest absolute Gasteiger partial charge is 0.504 e. The first kappa shape index (κ1) is 13.0. The Hall–Kier alpha value is -2.02. The van der Waals surface area contributed by atoms with Crippen LogP contribution in [-0.4, -0.2) is 10.2 Å². The molecule has 3 rings (SSSR count). The van der Waals surface area contributed by atoms with E-state index in [2.05, 4.69) is 22.6 Å². The molecule has 0 radical (unpaired) electrons. The summed E-state index contributed by atoms with van der Waals surface area (Å²) in [4.78, 5) is 12.1. The van der Waals surface area contributed by atoms with E-state index in [9.17, 15) is 15.0 Å². The first-order chi connectivity index (χ1) is 9.54. The van der Waals surface area contributed by atoms with Crippen LogP contribution in [-0.2, 0) is 0 Å². The lowest BCUT2D eigenvalue weighted by Gasteiger charge is -2.05. The maximum absolute atomic E-state index is 12.1. The molecule has 0 aliphatic carbocycles. The third-order valence-electron chi connectivity index (χ3n) is 2.95. The molecule has 0 spiro atoms. The van der Waals surface area contributed by atoms with Gasteiger partial charge in [0.2, 0.25) is 0 Å². The molecule has 2 aromatic carbocycles. The average molecular weight is 380 g/mol. The molecule has 0 aliphatic heterocycles. The normalized spacial score (nSPS) is 10.8. The second-order valence-electron chi connectivity index (χ2n) is 4.32. The summed E-state index contributed by atoms with van der Waals surface area (Å²) in [5.41, 5.74) is 0.866. The van der Waals surface area contributed by atoms with Crippen molar-refractivity contribution in [1.29, 1.82) is 0 Å². The molecule has 0 saturated carbocycles. The summed E-state index contributed by atoms with van der Waals surface area (Å²) in [7, 11) is 0. The van der Waals surface area contributed by atoms with Crippen LogP contribution in [0, 0.1) is 3.57 Å². The first-order valence-electron chi connectivity index (χ1n) is 5.80.